The van der Waals surface area contributed by atoms with Crippen LogP contribution >= 0.6 is 0 Å². The molecule has 3 heterocycles. The lowest BCUT2D eigenvalue weighted by atomic mass is 9.82. The van der Waals surface area contributed by atoms with Gasteiger partial charge in [0.2, 0.25) is 5.91 Å². The predicted octanol–water partition coefficient (Wildman–Crippen LogP) is 1.50. The van der Waals surface area contributed by atoms with Crippen molar-refractivity contribution in [3.05, 3.63) is 35.5 Å². The van der Waals surface area contributed by atoms with Crippen LogP contribution in [0.25, 0.3) is 10.9 Å². The van der Waals surface area contributed by atoms with Gasteiger partial charge in [0.05, 0.1) is 32.3 Å². The first kappa shape index (κ1) is 16.6. The first-order chi connectivity index (χ1) is 12.5. The summed E-state index contributed by atoms with van der Waals surface area (Å²) >= 11 is 0. The zero-order valence-corrected chi connectivity index (χ0v) is 14.7. The first-order valence-electron chi connectivity index (χ1n) is 8.59. The van der Waals surface area contributed by atoms with Crippen LogP contribution in [0.3, 0.4) is 0 Å². The summed E-state index contributed by atoms with van der Waals surface area (Å²) in [5.74, 6) is -1.74. The van der Waals surface area contributed by atoms with Gasteiger partial charge in [0.15, 0.2) is 5.54 Å². The average molecular weight is 356 g/mol. The number of nitrogens with zero attached hydrogens (tertiary/aromatic N) is 1. The third kappa shape index (κ3) is 2.09. The molecular formula is C19H20N2O5. The standard InChI is InChI=1S/C19H20N2O5/c1-25-15(22)9-11-10-19(18(24)26-2)16-13(7-8-21(19)17(11)23)12-5-3-4-6-14(12)20-16/h3-6,11,20H,7-10H2,1-2H3. The Bertz CT molecular complexity index is 918. The van der Waals surface area contributed by atoms with E-state index in [1.165, 1.54) is 14.2 Å². The van der Waals surface area contributed by atoms with Crippen molar-refractivity contribution in [1.82, 2.24) is 9.88 Å². The second-order valence-corrected chi connectivity index (χ2v) is 6.80. The maximum Gasteiger partial charge on any atom is 0.338 e. The van der Waals surface area contributed by atoms with Crippen LogP contribution in [0.4, 0.5) is 0 Å². The molecule has 1 N–H and O–H groups in total. The topological polar surface area (TPSA) is 88.7 Å². The molecule has 1 aromatic heterocycles. The number of fused-ring (bicyclic) bond motifs is 5. The van der Waals surface area contributed by atoms with Gasteiger partial charge in [0, 0.05) is 17.4 Å². The number of amides is 1. The van der Waals surface area contributed by atoms with E-state index >= 15 is 0 Å². The molecule has 2 atom stereocenters. The summed E-state index contributed by atoms with van der Waals surface area (Å²) in [6.45, 7) is 0.417. The van der Waals surface area contributed by atoms with Crippen molar-refractivity contribution in [2.24, 2.45) is 5.92 Å². The number of aromatic nitrogens is 1. The monoisotopic (exact) mass is 356 g/mol. The largest absolute Gasteiger partial charge is 0.469 e. The quantitative estimate of drug-likeness (QED) is 0.842. The van der Waals surface area contributed by atoms with Crippen molar-refractivity contribution in [2.75, 3.05) is 20.8 Å². The third-order valence-corrected chi connectivity index (χ3v) is 5.59. The van der Waals surface area contributed by atoms with Crippen molar-refractivity contribution >= 4 is 28.7 Å². The van der Waals surface area contributed by atoms with Gasteiger partial charge in [0.1, 0.15) is 0 Å². The number of carbonyl (C=O) groups is 3. The highest BCUT2D eigenvalue weighted by molar-refractivity contribution is 5.98. The van der Waals surface area contributed by atoms with Crippen LogP contribution in [-0.2, 0) is 35.8 Å². The molecule has 2 aliphatic rings. The summed E-state index contributed by atoms with van der Waals surface area (Å²) in [6.07, 6.45) is 0.808. The van der Waals surface area contributed by atoms with E-state index in [4.69, 9.17) is 9.47 Å². The molecule has 7 nitrogen and oxygen atoms in total. The molecule has 1 amide bonds. The molecular weight excluding hydrogens is 336 g/mol. The molecule has 0 saturated carbocycles. The fraction of sp³-hybridized carbons (Fsp3) is 0.421. The first-order valence-corrected chi connectivity index (χ1v) is 8.59. The lowest BCUT2D eigenvalue weighted by molar-refractivity contribution is -0.159. The second-order valence-electron chi connectivity index (χ2n) is 6.80. The van der Waals surface area contributed by atoms with Gasteiger partial charge in [-0.25, -0.2) is 4.79 Å². The lowest BCUT2D eigenvalue weighted by Crippen LogP contribution is -2.53. The number of benzene rings is 1. The molecule has 0 aliphatic carbocycles. The van der Waals surface area contributed by atoms with Crippen LogP contribution in [0, 0.1) is 5.92 Å². The number of rotatable bonds is 3. The number of nitrogens with one attached hydrogen (secondary N) is 1. The molecule has 2 aliphatic heterocycles. The molecule has 1 aromatic carbocycles. The van der Waals surface area contributed by atoms with E-state index in [-0.39, 0.29) is 18.7 Å². The lowest BCUT2D eigenvalue weighted by Gasteiger charge is -2.39. The highest BCUT2D eigenvalue weighted by Crippen LogP contribution is 2.49. The number of hydrogen-bond donors (Lipinski definition) is 1. The summed E-state index contributed by atoms with van der Waals surface area (Å²) in [6, 6.07) is 7.83. The second kappa shape index (κ2) is 5.86. The molecule has 0 spiro atoms. The number of esters is 2. The number of methoxy groups -OCH3 is 2. The SMILES string of the molecule is COC(=O)CC1CC2(C(=O)OC)c3[nH]c4ccccc4c3CCN2C1=O. The molecule has 2 unspecified atom stereocenters. The summed E-state index contributed by atoms with van der Waals surface area (Å²) in [5, 5.41) is 1.05. The fourth-order valence-corrected chi connectivity index (χ4v) is 4.45. The van der Waals surface area contributed by atoms with E-state index in [0.29, 0.717) is 18.7 Å². The molecule has 7 heteroatoms. The van der Waals surface area contributed by atoms with E-state index in [1.807, 2.05) is 24.3 Å². The number of carbonyl (C=O) groups excluding carboxylic acids is 3. The fourth-order valence-electron chi connectivity index (χ4n) is 4.45. The smallest absolute Gasteiger partial charge is 0.338 e. The van der Waals surface area contributed by atoms with Crippen molar-refractivity contribution in [1.29, 1.82) is 0 Å². The predicted molar refractivity (Wildman–Crippen MR) is 92.1 cm³/mol. The van der Waals surface area contributed by atoms with Crippen LogP contribution in [0.2, 0.25) is 0 Å². The van der Waals surface area contributed by atoms with Crippen LogP contribution in [0.1, 0.15) is 24.1 Å². The van der Waals surface area contributed by atoms with Gasteiger partial charge in [-0.15, -0.1) is 0 Å². The highest BCUT2D eigenvalue weighted by Gasteiger charge is 2.61. The molecule has 2 aromatic rings. The Labute approximate surface area is 150 Å². The van der Waals surface area contributed by atoms with Crippen molar-refractivity contribution < 1.29 is 23.9 Å². The van der Waals surface area contributed by atoms with E-state index in [1.54, 1.807) is 4.90 Å². The maximum atomic E-state index is 12.9. The van der Waals surface area contributed by atoms with Gasteiger partial charge >= 0.3 is 11.9 Å². The number of para-hydroxylation sites is 1. The Balaban J connectivity index is 1.88. The molecule has 26 heavy (non-hydrogen) atoms. The minimum Gasteiger partial charge on any atom is -0.469 e. The van der Waals surface area contributed by atoms with Crippen molar-refractivity contribution in [3.8, 4) is 0 Å². The summed E-state index contributed by atoms with van der Waals surface area (Å²) in [4.78, 5) is 42.5. The third-order valence-electron chi connectivity index (χ3n) is 5.59. The molecule has 136 valence electrons. The molecule has 4 rings (SSSR count). The molecule has 1 fully saturated rings. The summed E-state index contributed by atoms with van der Waals surface area (Å²) < 4.78 is 9.82. The van der Waals surface area contributed by atoms with E-state index in [2.05, 4.69) is 4.98 Å². The highest BCUT2D eigenvalue weighted by atomic mass is 16.5. The van der Waals surface area contributed by atoms with Gasteiger partial charge in [-0.05, 0) is 24.5 Å². The Morgan fingerprint density at radius 1 is 1.27 bits per heavy atom. The minimum atomic E-state index is -1.21. The maximum absolute atomic E-state index is 12.9. The zero-order valence-electron chi connectivity index (χ0n) is 14.7. The number of ether oxygens (including phenoxy) is 2. The van der Waals surface area contributed by atoms with Crippen LogP contribution < -0.4 is 0 Å². The van der Waals surface area contributed by atoms with Crippen LogP contribution in [-0.4, -0.2) is 48.5 Å². The van der Waals surface area contributed by atoms with Gasteiger partial charge in [-0.3, -0.25) is 9.59 Å². The minimum absolute atomic E-state index is 0.0415. The van der Waals surface area contributed by atoms with Crippen LogP contribution in [0.15, 0.2) is 24.3 Å². The van der Waals surface area contributed by atoms with E-state index in [9.17, 15) is 14.4 Å². The van der Waals surface area contributed by atoms with Gasteiger partial charge in [-0.1, -0.05) is 18.2 Å². The Morgan fingerprint density at radius 3 is 2.77 bits per heavy atom. The Morgan fingerprint density at radius 2 is 2.04 bits per heavy atom. The summed E-state index contributed by atoms with van der Waals surface area (Å²) in [7, 11) is 2.62. The summed E-state index contributed by atoms with van der Waals surface area (Å²) in [5.41, 5.74) is 1.45. The number of hydrogen-bond acceptors (Lipinski definition) is 5. The van der Waals surface area contributed by atoms with Crippen LogP contribution in [0.5, 0.6) is 0 Å². The molecule has 0 radical (unpaired) electrons. The average Bonchev–Trinajstić information content (AvgIpc) is 3.18. The normalized spacial score (nSPS) is 24.3. The number of aromatic amines is 1. The Hall–Kier alpha value is -2.83. The molecule has 1 saturated heterocycles. The van der Waals surface area contributed by atoms with Crippen molar-refractivity contribution in [3.63, 3.8) is 0 Å². The van der Waals surface area contributed by atoms with Gasteiger partial charge in [0.25, 0.3) is 0 Å². The Kier molecular flexibility index (Phi) is 3.75. The van der Waals surface area contributed by atoms with E-state index < -0.39 is 23.4 Å². The van der Waals surface area contributed by atoms with Gasteiger partial charge in [-0.2, -0.15) is 0 Å². The zero-order chi connectivity index (χ0) is 18.5. The van der Waals surface area contributed by atoms with Gasteiger partial charge < -0.3 is 19.4 Å². The molecule has 0 bridgehead atoms. The van der Waals surface area contributed by atoms with Crippen molar-refractivity contribution in [2.45, 2.75) is 24.8 Å². The van der Waals surface area contributed by atoms with E-state index in [0.717, 1.165) is 16.5 Å². The number of H-pyrrole nitrogens is 1.